The average Bonchev–Trinajstić information content (AvgIpc) is 3.75. The Morgan fingerprint density at radius 3 is 0.976 bits per heavy atom. The van der Waals surface area contributed by atoms with Crippen molar-refractivity contribution in [3.8, 4) is 0 Å². The first kappa shape index (κ1) is 26.2. The van der Waals surface area contributed by atoms with Crippen LogP contribution in [0.1, 0.15) is 54.2 Å². The number of hydrogen-bond donors (Lipinski definition) is 0. The lowest BCUT2D eigenvalue weighted by molar-refractivity contribution is 0.734. The van der Waals surface area contributed by atoms with E-state index in [0.717, 1.165) is 55.4 Å². The van der Waals surface area contributed by atoms with E-state index in [9.17, 15) is 0 Å². The van der Waals surface area contributed by atoms with E-state index in [4.69, 9.17) is 15.0 Å². The summed E-state index contributed by atoms with van der Waals surface area (Å²) in [5.41, 5.74) is 15.3. The second-order valence-electron chi connectivity index (χ2n) is 11.0. The quantitative estimate of drug-likeness (QED) is 0.186. The molecule has 6 nitrogen and oxygen atoms in total. The smallest absolute Gasteiger partial charge is 0.0961 e. The Morgan fingerprint density at radius 2 is 0.690 bits per heavy atom. The van der Waals surface area contributed by atoms with Crippen LogP contribution >= 0.6 is 0 Å². The van der Waals surface area contributed by atoms with Gasteiger partial charge in [0, 0.05) is 19.6 Å². The third-order valence-corrected chi connectivity index (χ3v) is 8.81. The molecule has 0 aliphatic carbocycles. The molecule has 42 heavy (non-hydrogen) atoms. The molecule has 7 rings (SSSR count). The second-order valence-corrected chi connectivity index (χ2v) is 11.0. The van der Waals surface area contributed by atoms with Crippen LogP contribution in [0.3, 0.4) is 0 Å². The first-order valence-corrected chi connectivity index (χ1v) is 15.1. The molecule has 0 aliphatic rings. The Morgan fingerprint density at radius 1 is 0.405 bits per heavy atom. The van der Waals surface area contributed by atoms with Crippen LogP contribution in [0.15, 0.2) is 91.8 Å². The normalized spacial score (nSPS) is 11.8. The van der Waals surface area contributed by atoms with Gasteiger partial charge in [0.2, 0.25) is 0 Å². The summed E-state index contributed by atoms with van der Waals surface area (Å²) in [6.07, 6.45) is 8.92. The first-order valence-electron chi connectivity index (χ1n) is 15.1. The molecule has 0 atom stereocenters. The van der Waals surface area contributed by atoms with Gasteiger partial charge in [0.25, 0.3) is 0 Å². The zero-order chi connectivity index (χ0) is 28.6. The number of hydrogen-bond acceptors (Lipinski definition) is 3. The molecular formula is C36H36N6. The van der Waals surface area contributed by atoms with Crippen molar-refractivity contribution in [1.29, 1.82) is 0 Å². The predicted octanol–water partition coefficient (Wildman–Crippen LogP) is 7.57. The van der Waals surface area contributed by atoms with Crippen molar-refractivity contribution in [1.82, 2.24) is 28.7 Å². The third kappa shape index (κ3) is 4.38. The number of fused-ring (bicyclic) bond motifs is 3. The van der Waals surface area contributed by atoms with Crippen LogP contribution < -0.4 is 0 Å². The number of para-hydroxylation sites is 6. The van der Waals surface area contributed by atoms with Crippen molar-refractivity contribution in [3.63, 3.8) is 0 Å². The van der Waals surface area contributed by atoms with Crippen molar-refractivity contribution in [2.45, 2.75) is 59.7 Å². The van der Waals surface area contributed by atoms with Gasteiger partial charge in [0.1, 0.15) is 0 Å². The fourth-order valence-electron chi connectivity index (χ4n) is 6.87. The maximum atomic E-state index is 4.73. The number of benzene rings is 4. The van der Waals surface area contributed by atoms with E-state index in [-0.39, 0.29) is 0 Å². The molecule has 0 aliphatic heterocycles. The van der Waals surface area contributed by atoms with Crippen LogP contribution in [0.5, 0.6) is 0 Å². The summed E-state index contributed by atoms with van der Waals surface area (Å²) in [6, 6.07) is 25.3. The van der Waals surface area contributed by atoms with Crippen LogP contribution in [-0.2, 0) is 38.9 Å². The maximum Gasteiger partial charge on any atom is 0.0961 e. The molecule has 3 heterocycles. The van der Waals surface area contributed by atoms with Crippen LogP contribution in [0, 0.1) is 0 Å². The average molecular weight is 553 g/mol. The minimum absolute atomic E-state index is 0.798. The van der Waals surface area contributed by atoms with Gasteiger partial charge in [-0.2, -0.15) is 0 Å². The summed E-state index contributed by atoms with van der Waals surface area (Å²) >= 11 is 0. The predicted molar refractivity (Wildman–Crippen MR) is 171 cm³/mol. The molecule has 0 N–H and O–H groups in total. The highest BCUT2D eigenvalue weighted by Crippen LogP contribution is 2.34. The molecule has 0 unspecified atom stereocenters. The molecule has 6 heteroatoms. The van der Waals surface area contributed by atoms with Gasteiger partial charge in [0.05, 0.1) is 52.1 Å². The molecule has 0 spiro atoms. The van der Waals surface area contributed by atoms with Gasteiger partial charge in [-0.05, 0) is 89.0 Å². The number of aromatic nitrogens is 6. The molecular weight excluding hydrogens is 516 g/mol. The largest absolute Gasteiger partial charge is 0.326 e. The Hall–Kier alpha value is -4.71. The lowest BCUT2D eigenvalue weighted by Crippen LogP contribution is -2.18. The highest BCUT2D eigenvalue weighted by Gasteiger charge is 2.23. The Bertz CT molecular complexity index is 1780. The molecule has 0 amide bonds. The number of rotatable bonds is 9. The van der Waals surface area contributed by atoms with E-state index in [1.54, 1.807) is 0 Å². The first-order chi connectivity index (χ1) is 20.7. The van der Waals surface area contributed by atoms with Crippen molar-refractivity contribution in [2.75, 3.05) is 0 Å². The van der Waals surface area contributed by atoms with Gasteiger partial charge in [-0.1, -0.05) is 57.2 Å². The van der Waals surface area contributed by atoms with Gasteiger partial charge < -0.3 is 13.7 Å². The minimum Gasteiger partial charge on any atom is -0.326 e. The summed E-state index contributed by atoms with van der Waals surface area (Å²) in [6.45, 7) is 9.32. The fourth-order valence-corrected chi connectivity index (χ4v) is 6.87. The Balaban J connectivity index is 1.46. The zero-order valence-corrected chi connectivity index (χ0v) is 24.6. The molecule has 4 aromatic carbocycles. The van der Waals surface area contributed by atoms with Crippen LogP contribution in [0.4, 0.5) is 0 Å². The molecule has 3 aromatic heterocycles. The molecule has 0 fully saturated rings. The van der Waals surface area contributed by atoms with E-state index in [1.165, 1.54) is 49.9 Å². The van der Waals surface area contributed by atoms with Crippen LogP contribution in [-0.4, -0.2) is 28.7 Å². The maximum absolute atomic E-state index is 4.73. The number of imidazole rings is 3. The van der Waals surface area contributed by atoms with E-state index in [2.05, 4.69) is 107 Å². The van der Waals surface area contributed by atoms with E-state index in [1.807, 2.05) is 19.0 Å². The number of nitrogens with zero attached hydrogens (tertiary/aromatic N) is 6. The van der Waals surface area contributed by atoms with Crippen LogP contribution in [0.2, 0.25) is 0 Å². The van der Waals surface area contributed by atoms with Crippen molar-refractivity contribution in [2.24, 2.45) is 0 Å². The summed E-state index contributed by atoms with van der Waals surface area (Å²) < 4.78 is 6.96. The molecule has 7 aromatic rings. The lowest BCUT2D eigenvalue weighted by Gasteiger charge is -2.27. The molecule has 0 saturated carbocycles. The highest BCUT2D eigenvalue weighted by molar-refractivity contribution is 5.77. The molecule has 0 saturated heterocycles. The van der Waals surface area contributed by atoms with Gasteiger partial charge in [-0.3, -0.25) is 0 Å². The summed E-state index contributed by atoms with van der Waals surface area (Å²) in [5.74, 6) is 0. The van der Waals surface area contributed by atoms with E-state index < -0.39 is 0 Å². The fraction of sp³-hybridized carbons (Fsp3) is 0.250. The topological polar surface area (TPSA) is 53.5 Å². The van der Waals surface area contributed by atoms with Crippen molar-refractivity contribution in [3.05, 3.63) is 125 Å². The minimum atomic E-state index is 0.798. The molecule has 0 bridgehead atoms. The molecule has 0 radical (unpaired) electrons. The second kappa shape index (κ2) is 10.9. The van der Waals surface area contributed by atoms with Crippen LogP contribution in [0.25, 0.3) is 33.1 Å². The Kier molecular flexibility index (Phi) is 6.82. The summed E-state index contributed by atoms with van der Waals surface area (Å²) in [7, 11) is 0. The van der Waals surface area contributed by atoms with Gasteiger partial charge in [0.15, 0.2) is 0 Å². The lowest BCUT2D eigenvalue weighted by atomic mass is 9.83. The standard InChI is InChI=1S/C36H36N6/c1-4-25-28(19-40-22-37-31-13-7-10-16-34(31)40)26(5-2)30(21-42-24-39-33-15-9-12-18-36(33)42)27(6-3)29(25)20-41-23-38-32-14-8-11-17-35(32)41/h7-18,22-24H,4-6,19-21H2,1-3H3. The zero-order valence-electron chi connectivity index (χ0n) is 24.6. The van der Waals surface area contributed by atoms with Gasteiger partial charge in [-0.25, -0.2) is 15.0 Å². The van der Waals surface area contributed by atoms with Crippen molar-refractivity contribution >= 4 is 33.1 Å². The summed E-state index contributed by atoms with van der Waals surface area (Å²) in [4.78, 5) is 14.2. The van der Waals surface area contributed by atoms with Gasteiger partial charge >= 0.3 is 0 Å². The third-order valence-electron chi connectivity index (χ3n) is 8.81. The molecule has 210 valence electrons. The van der Waals surface area contributed by atoms with E-state index in [0.29, 0.717) is 0 Å². The highest BCUT2D eigenvalue weighted by atomic mass is 15.1. The van der Waals surface area contributed by atoms with E-state index >= 15 is 0 Å². The summed E-state index contributed by atoms with van der Waals surface area (Å²) in [5, 5.41) is 0. The SMILES string of the molecule is CCc1c(Cn2cnc3ccccc32)c(CC)c(Cn2cnc3ccccc32)c(CC)c1Cn1cnc2ccccc21. The monoisotopic (exact) mass is 552 g/mol. The van der Waals surface area contributed by atoms with Gasteiger partial charge in [-0.15, -0.1) is 0 Å². The van der Waals surface area contributed by atoms with Crippen molar-refractivity contribution < 1.29 is 0 Å². The Labute approximate surface area is 246 Å².